The number of urea groups is 1. The number of carbonyl (C=O) groups is 2. The van der Waals surface area contributed by atoms with Crippen molar-refractivity contribution in [2.24, 2.45) is 5.92 Å². The van der Waals surface area contributed by atoms with Gasteiger partial charge in [0.1, 0.15) is 17.6 Å². The molecule has 21 heavy (non-hydrogen) atoms. The van der Waals surface area contributed by atoms with Gasteiger partial charge < -0.3 is 20.1 Å². The van der Waals surface area contributed by atoms with Crippen molar-refractivity contribution in [1.29, 1.82) is 0 Å². The summed E-state index contributed by atoms with van der Waals surface area (Å²) in [5.74, 6) is -3.53. The molecule has 2 unspecified atom stereocenters. The van der Waals surface area contributed by atoms with E-state index in [9.17, 15) is 18.4 Å². The summed E-state index contributed by atoms with van der Waals surface area (Å²) in [6.45, 7) is 0.116. The first kappa shape index (κ1) is 15.2. The summed E-state index contributed by atoms with van der Waals surface area (Å²) in [4.78, 5) is 24.2. The van der Waals surface area contributed by atoms with E-state index in [0.717, 1.165) is 17.0 Å². The number of carboxylic acid groups (broad SMARTS) is 1. The molecule has 1 heterocycles. The Kier molecular flexibility index (Phi) is 4.37. The van der Waals surface area contributed by atoms with Crippen LogP contribution in [0.4, 0.5) is 19.3 Å². The minimum Gasteiger partial charge on any atom is -0.481 e. The van der Waals surface area contributed by atoms with E-state index in [2.05, 4.69) is 5.32 Å². The Hall–Kier alpha value is -2.22. The standard InChI is InChI=1S/C13H14F2N2O4/c1-17(11-6-21-5-10(11)12(18)19)13(20)16-9-3-7(14)2-8(15)4-9/h2-4,10-11H,5-6H2,1H3,(H,16,20)(H,18,19). The lowest BCUT2D eigenvalue weighted by atomic mass is 10.0. The molecule has 0 radical (unpaired) electrons. The molecule has 0 spiro atoms. The van der Waals surface area contributed by atoms with Gasteiger partial charge in [-0.25, -0.2) is 13.6 Å². The van der Waals surface area contributed by atoms with Gasteiger partial charge >= 0.3 is 12.0 Å². The van der Waals surface area contributed by atoms with Crippen molar-refractivity contribution in [2.75, 3.05) is 25.6 Å². The maximum atomic E-state index is 13.0. The van der Waals surface area contributed by atoms with E-state index in [1.54, 1.807) is 0 Å². The summed E-state index contributed by atoms with van der Waals surface area (Å²) in [5, 5.41) is 11.4. The predicted molar refractivity (Wildman–Crippen MR) is 68.9 cm³/mol. The Balaban J connectivity index is 2.07. The molecule has 1 aromatic rings. The smallest absolute Gasteiger partial charge is 0.321 e. The lowest BCUT2D eigenvalue weighted by molar-refractivity contribution is -0.142. The van der Waals surface area contributed by atoms with Crippen molar-refractivity contribution in [2.45, 2.75) is 6.04 Å². The highest BCUT2D eigenvalue weighted by Gasteiger charge is 2.38. The quantitative estimate of drug-likeness (QED) is 0.887. The first-order valence-corrected chi connectivity index (χ1v) is 6.19. The molecule has 1 aliphatic heterocycles. The summed E-state index contributed by atoms with van der Waals surface area (Å²) < 4.78 is 31.2. The Labute approximate surface area is 119 Å². The largest absolute Gasteiger partial charge is 0.481 e. The second-order valence-electron chi connectivity index (χ2n) is 4.75. The van der Waals surface area contributed by atoms with Crippen LogP contribution in [0.5, 0.6) is 0 Å². The van der Waals surface area contributed by atoms with Crippen molar-refractivity contribution >= 4 is 17.7 Å². The number of nitrogens with one attached hydrogen (secondary N) is 1. The topological polar surface area (TPSA) is 78.9 Å². The minimum atomic E-state index is -1.06. The second kappa shape index (κ2) is 6.04. The predicted octanol–water partition coefficient (Wildman–Crippen LogP) is 1.53. The van der Waals surface area contributed by atoms with E-state index < -0.39 is 35.6 Å². The number of halogens is 2. The molecule has 1 aromatic carbocycles. The first-order valence-electron chi connectivity index (χ1n) is 6.19. The third-order valence-electron chi connectivity index (χ3n) is 3.30. The molecule has 1 saturated heterocycles. The van der Waals surface area contributed by atoms with Gasteiger partial charge in [-0.3, -0.25) is 4.79 Å². The van der Waals surface area contributed by atoms with Gasteiger partial charge in [0.2, 0.25) is 0 Å². The summed E-state index contributed by atoms with van der Waals surface area (Å²) in [6, 6.07) is 1.32. The monoisotopic (exact) mass is 300 g/mol. The lowest BCUT2D eigenvalue weighted by Crippen LogP contribution is -2.45. The van der Waals surface area contributed by atoms with Crippen LogP contribution in [-0.4, -0.2) is 48.3 Å². The molecule has 0 saturated carbocycles. The number of carboxylic acids is 1. The number of anilines is 1. The SMILES string of the molecule is CN(C(=O)Nc1cc(F)cc(F)c1)C1COCC1C(=O)O. The van der Waals surface area contributed by atoms with Gasteiger partial charge in [0, 0.05) is 18.8 Å². The third kappa shape index (κ3) is 3.46. The lowest BCUT2D eigenvalue weighted by Gasteiger charge is -2.26. The number of hydrogen-bond acceptors (Lipinski definition) is 3. The van der Waals surface area contributed by atoms with E-state index in [0.29, 0.717) is 6.07 Å². The molecule has 2 rings (SSSR count). The number of hydrogen-bond donors (Lipinski definition) is 2. The molecule has 1 fully saturated rings. The fourth-order valence-corrected chi connectivity index (χ4v) is 2.15. The van der Waals surface area contributed by atoms with Gasteiger partial charge in [-0.15, -0.1) is 0 Å². The molecule has 8 heteroatoms. The second-order valence-corrected chi connectivity index (χ2v) is 4.75. The van der Waals surface area contributed by atoms with E-state index in [-0.39, 0.29) is 18.9 Å². The molecule has 114 valence electrons. The Bertz CT molecular complexity index is 547. The van der Waals surface area contributed by atoms with Crippen LogP contribution in [-0.2, 0) is 9.53 Å². The van der Waals surface area contributed by atoms with Gasteiger partial charge in [-0.05, 0) is 12.1 Å². The molecule has 2 N–H and O–H groups in total. The highest BCUT2D eigenvalue weighted by Crippen LogP contribution is 2.20. The number of benzene rings is 1. The fourth-order valence-electron chi connectivity index (χ4n) is 2.15. The molecule has 0 aromatic heterocycles. The maximum absolute atomic E-state index is 13.0. The van der Waals surface area contributed by atoms with Crippen LogP contribution < -0.4 is 5.32 Å². The Morgan fingerprint density at radius 3 is 2.48 bits per heavy atom. The summed E-state index contributed by atoms with van der Waals surface area (Å²) in [6.07, 6.45) is 0. The van der Waals surface area contributed by atoms with Gasteiger partial charge in [-0.1, -0.05) is 0 Å². The van der Waals surface area contributed by atoms with Crippen LogP contribution in [0.25, 0.3) is 0 Å². The average Bonchev–Trinajstić information content (AvgIpc) is 2.85. The highest BCUT2D eigenvalue weighted by molar-refractivity contribution is 5.89. The van der Waals surface area contributed by atoms with Crippen molar-refractivity contribution in [3.63, 3.8) is 0 Å². The molecule has 6 nitrogen and oxygen atoms in total. The van der Waals surface area contributed by atoms with Gasteiger partial charge in [0.15, 0.2) is 0 Å². The van der Waals surface area contributed by atoms with Crippen LogP contribution >= 0.6 is 0 Å². The molecular formula is C13H14F2N2O4. The molecule has 0 bridgehead atoms. The third-order valence-corrected chi connectivity index (χ3v) is 3.30. The summed E-state index contributed by atoms with van der Waals surface area (Å²) in [5.41, 5.74) is -0.0462. The molecule has 2 atom stereocenters. The van der Waals surface area contributed by atoms with Gasteiger partial charge in [0.05, 0.1) is 19.3 Å². The maximum Gasteiger partial charge on any atom is 0.321 e. The van der Waals surface area contributed by atoms with Gasteiger partial charge in [-0.2, -0.15) is 0 Å². The van der Waals surface area contributed by atoms with Crippen molar-refractivity contribution in [1.82, 2.24) is 4.90 Å². The average molecular weight is 300 g/mol. The zero-order chi connectivity index (χ0) is 15.6. The Morgan fingerprint density at radius 1 is 1.29 bits per heavy atom. The number of likely N-dealkylation sites (N-methyl/N-ethyl adjacent to an activating group) is 1. The van der Waals surface area contributed by atoms with E-state index >= 15 is 0 Å². The van der Waals surface area contributed by atoms with Crippen molar-refractivity contribution in [3.8, 4) is 0 Å². The van der Waals surface area contributed by atoms with Crippen LogP contribution in [0.3, 0.4) is 0 Å². The Morgan fingerprint density at radius 2 is 1.90 bits per heavy atom. The van der Waals surface area contributed by atoms with Crippen molar-refractivity contribution < 1.29 is 28.2 Å². The fraction of sp³-hybridized carbons (Fsp3) is 0.385. The number of rotatable bonds is 3. The normalized spacial score (nSPS) is 21.1. The number of amides is 2. The molecular weight excluding hydrogens is 286 g/mol. The highest BCUT2D eigenvalue weighted by atomic mass is 19.1. The number of ether oxygens (including phenoxy) is 1. The number of aliphatic carboxylic acids is 1. The van der Waals surface area contributed by atoms with Gasteiger partial charge in [0.25, 0.3) is 0 Å². The van der Waals surface area contributed by atoms with E-state index in [1.165, 1.54) is 7.05 Å². The number of nitrogens with zero attached hydrogens (tertiary/aromatic N) is 1. The van der Waals surface area contributed by atoms with Crippen molar-refractivity contribution in [3.05, 3.63) is 29.8 Å². The zero-order valence-corrected chi connectivity index (χ0v) is 11.2. The molecule has 2 amide bonds. The van der Waals surface area contributed by atoms with Crippen LogP contribution in [0, 0.1) is 17.6 Å². The number of carbonyl (C=O) groups excluding carboxylic acids is 1. The summed E-state index contributed by atoms with van der Waals surface area (Å²) in [7, 11) is 1.40. The van der Waals surface area contributed by atoms with E-state index in [4.69, 9.17) is 9.84 Å². The van der Waals surface area contributed by atoms with Crippen LogP contribution in [0.2, 0.25) is 0 Å². The summed E-state index contributed by atoms with van der Waals surface area (Å²) >= 11 is 0. The van der Waals surface area contributed by atoms with Crippen LogP contribution in [0.15, 0.2) is 18.2 Å². The first-order chi connectivity index (χ1) is 9.88. The molecule has 1 aliphatic rings. The molecule has 0 aliphatic carbocycles. The van der Waals surface area contributed by atoms with Crippen LogP contribution in [0.1, 0.15) is 0 Å². The minimum absolute atomic E-state index is 0.0201. The zero-order valence-electron chi connectivity index (χ0n) is 11.2. The van der Waals surface area contributed by atoms with E-state index in [1.807, 2.05) is 0 Å².